The van der Waals surface area contributed by atoms with Crippen LogP contribution in [0.4, 0.5) is 11.4 Å². The number of aliphatic hydroxyl groups is 1. The first kappa shape index (κ1) is 16.5. The van der Waals surface area contributed by atoms with Crippen molar-refractivity contribution >= 4 is 23.1 Å². The fourth-order valence-electron chi connectivity index (χ4n) is 2.06. The Balaban J connectivity index is 2.25. The van der Waals surface area contributed by atoms with Gasteiger partial charge < -0.3 is 20.9 Å². The van der Waals surface area contributed by atoms with Crippen LogP contribution in [0.25, 0.3) is 0 Å². The second-order valence-corrected chi connectivity index (χ2v) is 4.90. The molecule has 0 saturated heterocycles. The third-order valence-electron chi connectivity index (χ3n) is 3.18. The van der Waals surface area contributed by atoms with Crippen molar-refractivity contribution in [2.45, 2.75) is 6.92 Å². The van der Waals surface area contributed by atoms with Gasteiger partial charge in [0.05, 0.1) is 12.3 Å². The second kappa shape index (κ2) is 7.42. The Morgan fingerprint density at radius 1 is 1.17 bits per heavy atom. The molecule has 6 heteroatoms. The van der Waals surface area contributed by atoms with Crippen LogP contribution in [0.3, 0.4) is 0 Å². The lowest BCUT2D eigenvalue weighted by Gasteiger charge is -2.12. The number of aliphatic hydroxyl groups excluding tert-OH is 1. The predicted octanol–water partition coefficient (Wildman–Crippen LogP) is 2.10. The third kappa shape index (κ3) is 4.31. The Morgan fingerprint density at radius 3 is 2.43 bits per heavy atom. The molecule has 2 aromatic carbocycles. The summed E-state index contributed by atoms with van der Waals surface area (Å²) in [6.07, 6.45) is 0. The van der Waals surface area contributed by atoms with E-state index in [4.69, 9.17) is 15.6 Å². The number of Topliss-reactive ketones (excluding diaryl/α,β-unsaturated/α-hetero) is 1. The fourth-order valence-corrected chi connectivity index (χ4v) is 2.06. The first-order valence-electron chi connectivity index (χ1n) is 7.07. The molecule has 0 unspecified atom stereocenters. The number of ketones is 1. The zero-order valence-electron chi connectivity index (χ0n) is 12.7. The number of amides is 1. The van der Waals surface area contributed by atoms with Crippen molar-refractivity contribution in [3.8, 4) is 5.75 Å². The SMILES string of the molecule is CC(=O)c1ccc(C(N)=O)cc1Nc1ccc(OCCO)cc1. The summed E-state index contributed by atoms with van der Waals surface area (Å²) in [7, 11) is 0. The van der Waals surface area contributed by atoms with Gasteiger partial charge >= 0.3 is 0 Å². The zero-order valence-corrected chi connectivity index (χ0v) is 12.7. The number of ether oxygens (including phenoxy) is 1. The normalized spacial score (nSPS) is 10.2. The molecule has 0 aliphatic heterocycles. The molecule has 0 saturated carbocycles. The van der Waals surface area contributed by atoms with Crippen LogP contribution in [0.2, 0.25) is 0 Å². The average Bonchev–Trinajstić information content (AvgIpc) is 2.54. The van der Waals surface area contributed by atoms with E-state index in [-0.39, 0.29) is 19.0 Å². The molecule has 0 spiro atoms. The Morgan fingerprint density at radius 2 is 1.87 bits per heavy atom. The Bertz CT molecular complexity index is 711. The molecule has 0 aliphatic carbocycles. The molecule has 23 heavy (non-hydrogen) atoms. The Labute approximate surface area is 133 Å². The van der Waals surface area contributed by atoms with Crippen LogP contribution in [0, 0.1) is 0 Å². The highest BCUT2D eigenvalue weighted by Crippen LogP contribution is 2.24. The molecule has 2 aromatic rings. The molecular weight excluding hydrogens is 296 g/mol. The number of carbonyl (C=O) groups excluding carboxylic acids is 2. The van der Waals surface area contributed by atoms with Crippen LogP contribution in [0.5, 0.6) is 5.75 Å². The molecule has 6 nitrogen and oxygen atoms in total. The maximum atomic E-state index is 11.7. The van der Waals surface area contributed by atoms with E-state index in [0.717, 1.165) is 5.69 Å². The first-order chi connectivity index (χ1) is 11.0. The third-order valence-corrected chi connectivity index (χ3v) is 3.18. The van der Waals surface area contributed by atoms with Crippen molar-refractivity contribution < 1.29 is 19.4 Å². The van der Waals surface area contributed by atoms with Gasteiger partial charge in [0.25, 0.3) is 0 Å². The van der Waals surface area contributed by atoms with E-state index in [1.54, 1.807) is 36.4 Å². The first-order valence-corrected chi connectivity index (χ1v) is 7.07. The molecule has 120 valence electrons. The number of carbonyl (C=O) groups is 2. The van der Waals surface area contributed by atoms with Crippen molar-refractivity contribution in [3.05, 3.63) is 53.6 Å². The highest BCUT2D eigenvalue weighted by Gasteiger charge is 2.11. The fraction of sp³-hybridized carbons (Fsp3) is 0.176. The van der Waals surface area contributed by atoms with E-state index in [0.29, 0.717) is 22.6 Å². The highest BCUT2D eigenvalue weighted by atomic mass is 16.5. The summed E-state index contributed by atoms with van der Waals surface area (Å²) in [5.74, 6) is -0.0513. The number of nitrogens with two attached hydrogens (primary N) is 1. The standard InChI is InChI=1S/C17H18N2O4/c1-11(21)15-7-2-12(17(18)22)10-16(15)19-13-3-5-14(6-4-13)23-9-8-20/h2-7,10,19-20H,8-9H2,1H3,(H2,18,22). The minimum Gasteiger partial charge on any atom is -0.491 e. The summed E-state index contributed by atoms with van der Waals surface area (Å²) in [6, 6.07) is 11.7. The average molecular weight is 314 g/mol. The lowest BCUT2D eigenvalue weighted by atomic mass is 10.1. The van der Waals surface area contributed by atoms with Crippen molar-refractivity contribution in [1.29, 1.82) is 0 Å². The molecule has 0 atom stereocenters. The maximum Gasteiger partial charge on any atom is 0.248 e. The zero-order chi connectivity index (χ0) is 16.8. The van der Waals surface area contributed by atoms with Crippen LogP contribution in [-0.4, -0.2) is 30.0 Å². The van der Waals surface area contributed by atoms with Gasteiger partial charge in [0, 0.05) is 16.8 Å². The summed E-state index contributed by atoms with van der Waals surface area (Å²) in [6.45, 7) is 1.63. The summed E-state index contributed by atoms with van der Waals surface area (Å²) >= 11 is 0. The number of primary amides is 1. The van der Waals surface area contributed by atoms with E-state index in [1.807, 2.05) is 0 Å². The van der Waals surface area contributed by atoms with Crippen LogP contribution in [0.1, 0.15) is 27.6 Å². The molecule has 0 aliphatic rings. The van der Waals surface area contributed by atoms with Gasteiger partial charge in [-0.25, -0.2) is 0 Å². The van der Waals surface area contributed by atoms with Gasteiger partial charge in [-0.15, -0.1) is 0 Å². The van der Waals surface area contributed by atoms with Crippen molar-refractivity contribution in [2.24, 2.45) is 5.73 Å². The summed E-state index contributed by atoms with van der Waals surface area (Å²) in [5, 5.41) is 11.8. The van der Waals surface area contributed by atoms with Gasteiger partial charge in [-0.2, -0.15) is 0 Å². The molecule has 0 fully saturated rings. The second-order valence-electron chi connectivity index (χ2n) is 4.90. The van der Waals surface area contributed by atoms with Gasteiger partial charge in [-0.1, -0.05) is 0 Å². The smallest absolute Gasteiger partial charge is 0.248 e. The molecule has 0 bridgehead atoms. The molecule has 2 rings (SSSR count). The minimum atomic E-state index is -0.559. The van der Waals surface area contributed by atoms with Gasteiger partial charge in [-0.3, -0.25) is 9.59 Å². The Kier molecular flexibility index (Phi) is 5.32. The van der Waals surface area contributed by atoms with Gasteiger partial charge in [0.15, 0.2) is 5.78 Å². The topological polar surface area (TPSA) is 102 Å². The monoisotopic (exact) mass is 314 g/mol. The van der Waals surface area contributed by atoms with Crippen LogP contribution in [0.15, 0.2) is 42.5 Å². The summed E-state index contributed by atoms with van der Waals surface area (Å²) in [4.78, 5) is 23.0. The van der Waals surface area contributed by atoms with Crippen LogP contribution in [-0.2, 0) is 0 Å². The minimum absolute atomic E-state index is 0.0537. The summed E-state index contributed by atoms with van der Waals surface area (Å²) in [5.41, 5.74) is 7.31. The number of rotatable bonds is 7. The number of benzene rings is 2. The molecule has 4 N–H and O–H groups in total. The van der Waals surface area contributed by atoms with Crippen LogP contribution < -0.4 is 15.8 Å². The maximum absolute atomic E-state index is 11.7. The van der Waals surface area contributed by atoms with E-state index >= 15 is 0 Å². The highest BCUT2D eigenvalue weighted by molar-refractivity contribution is 6.03. The van der Waals surface area contributed by atoms with Crippen molar-refractivity contribution in [2.75, 3.05) is 18.5 Å². The number of nitrogens with one attached hydrogen (secondary N) is 1. The van der Waals surface area contributed by atoms with Gasteiger partial charge in [-0.05, 0) is 49.4 Å². The van der Waals surface area contributed by atoms with Gasteiger partial charge in [0.1, 0.15) is 12.4 Å². The molecule has 1 amide bonds. The number of hydrogen-bond donors (Lipinski definition) is 3. The molecule has 0 aromatic heterocycles. The van der Waals surface area contributed by atoms with E-state index in [9.17, 15) is 9.59 Å². The van der Waals surface area contributed by atoms with Crippen molar-refractivity contribution in [3.63, 3.8) is 0 Å². The molecular formula is C17H18N2O4. The Hall–Kier alpha value is -2.86. The van der Waals surface area contributed by atoms with E-state index < -0.39 is 5.91 Å². The molecule has 0 radical (unpaired) electrons. The predicted molar refractivity (Wildman–Crippen MR) is 87.3 cm³/mol. The number of anilines is 2. The van der Waals surface area contributed by atoms with Gasteiger partial charge in [0.2, 0.25) is 5.91 Å². The van der Waals surface area contributed by atoms with Crippen LogP contribution >= 0.6 is 0 Å². The largest absolute Gasteiger partial charge is 0.491 e. The summed E-state index contributed by atoms with van der Waals surface area (Å²) < 4.78 is 5.28. The van der Waals surface area contributed by atoms with E-state index in [2.05, 4.69) is 5.32 Å². The lowest BCUT2D eigenvalue weighted by molar-refractivity contribution is 0.0993. The van der Waals surface area contributed by atoms with Crippen molar-refractivity contribution in [1.82, 2.24) is 0 Å². The molecule has 0 heterocycles. The number of hydrogen-bond acceptors (Lipinski definition) is 5. The van der Waals surface area contributed by atoms with E-state index in [1.165, 1.54) is 13.0 Å². The lowest BCUT2D eigenvalue weighted by Crippen LogP contribution is -2.12. The quantitative estimate of drug-likeness (QED) is 0.679.